The number of nitrogens with zero attached hydrogens (tertiary/aromatic N) is 3. The van der Waals surface area contributed by atoms with E-state index in [0.29, 0.717) is 23.1 Å². The Morgan fingerprint density at radius 1 is 1.27 bits per heavy atom. The average Bonchev–Trinajstić information content (AvgIpc) is 3.12. The first-order chi connectivity index (χ1) is 14.3. The number of halogens is 1. The maximum absolute atomic E-state index is 13.1. The Labute approximate surface area is 178 Å². The van der Waals surface area contributed by atoms with Crippen molar-refractivity contribution in [1.29, 1.82) is 0 Å². The highest BCUT2D eigenvalue weighted by molar-refractivity contribution is 8.13. The van der Waals surface area contributed by atoms with Gasteiger partial charge in [0.1, 0.15) is 17.0 Å². The summed E-state index contributed by atoms with van der Waals surface area (Å²) in [4.78, 5) is 20.5. The first-order valence-electron chi connectivity index (χ1n) is 9.97. The summed E-state index contributed by atoms with van der Waals surface area (Å²) in [7, 11) is 2.94. The summed E-state index contributed by atoms with van der Waals surface area (Å²) in [5, 5.41) is 5.26. The number of aromatic amines is 1. The molecule has 0 bridgehead atoms. The smallest absolute Gasteiger partial charge is 0.262 e. The van der Waals surface area contributed by atoms with E-state index in [1.807, 2.05) is 6.92 Å². The summed E-state index contributed by atoms with van der Waals surface area (Å²) in [5.41, 5.74) is 1.55. The van der Waals surface area contributed by atoms with Gasteiger partial charge in [0.05, 0.1) is 23.3 Å². The van der Waals surface area contributed by atoms with Crippen LogP contribution in [0, 0.1) is 0 Å². The Kier molecular flexibility index (Phi) is 5.59. The van der Waals surface area contributed by atoms with E-state index >= 15 is 0 Å². The van der Waals surface area contributed by atoms with E-state index in [1.165, 1.54) is 31.7 Å². The molecule has 1 aliphatic carbocycles. The van der Waals surface area contributed by atoms with Crippen LogP contribution in [0.15, 0.2) is 27.9 Å². The zero-order valence-corrected chi connectivity index (χ0v) is 18.4. The molecule has 30 heavy (non-hydrogen) atoms. The molecule has 0 atom stereocenters. The van der Waals surface area contributed by atoms with E-state index in [-0.39, 0.29) is 27.9 Å². The number of benzene rings is 1. The maximum atomic E-state index is 13.1. The minimum atomic E-state index is -3.91. The molecule has 2 heterocycles. The van der Waals surface area contributed by atoms with Crippen LogP contribution in [-0.4, -0.2) is 35.3 Å². The van der Waals surface area contributed by atoms with Crippen LogP contribution in [0.2, 0.25) is 0 Å². The van der Waals surface area contributed by atoms with Crippen molar-refractivity contribution in [2.24, 2.45) is 0 Å². The maximum Gasteiger partial charge on any atom is 0.262 e. The first kappa shape index (κ1) is 20.9. The zero-order valence-electron chi connectivity index (χ0n) is 16.8. The normalized spacial score (nSPS) is 15.6. The molecule has 1 N–H and O–H groups in total. The van der Waals surface area contributed by atoms with Gasteiger partial charge >= 0.3 is 0 Å². The van der Waals surface area contributed by atoms with E-state index in [0.717, 1.165) is 31.4 Å². The third kappa shape index (κ3) is 3.72. The van der Waals surface area contributed by atoms with Crippen LogP contribution in [0.1, 0.15) is 50.6 Å². The lowest BCUT2D eigenvalue weighted by atomic mass is 9.86. The molecular weight excluding hydrogens is 428 g/mol. The van der Waals surface area contributed by atoms with E-state index in [9.17, 15) is 13.2 Å². The number of nitrogens with one attached hydrogen (secondary N) is 1. The standard InChI is InChI=1S/C20H23ClN4O4S/c1-3-25-19-16(17(24-25)12-7-5-4-6-8-12)20(26)23-18(22-19)14-10-9-13(30(21,27)28)11-15(14)29-2/h9-12H,3-8H2,1-2H3,(H,22,23,26). The minimum absolute atomic E-state index is 0.0913. The third-order valence-electron chi connectivity index (χ3n) is 5.63. The third-order valence-corrected chi connectivity index (χ3v) is 6.98. The fraction of sp³-hybridized carbons (Fsp3) is 0.450. The van der Waals surface area contributed by atoms with Crippen molar-refractivity contribution in [3.8, 4) is 17.1 Å². The molecule has 1 fully saturated rings. The molecule has 0 radical (unpaired) electrons. The summed E-state index contributed by atoms with van der Waals surface area (Å²) in [6.07, 6.45) is 5.55. The van der Waals surface area contributed by atoms with Gasteiger partial charge in [-0.15, -0.1) is 0 Å². The number of aryl methyl sites for hydroxylation is 1. The molecule has 2 aromatic heterocycles. The minimum Gasteiger partial charge on any atom is -0.496 e. The van der Waals surface area contributed by atoms with E-state index in [1.54, 1.807) is 4.68 Å². The number of methoxy groups -OCH3 is 1. The molecule has 0 saturated heterocycles. The Morgan fingerprint density at radius 2 is 2.00 bits per heavy atom. The summed E-state index contributed by atoms with van der Waals surface area (Å²) < 4.78 is 30.4. The van der Waals surface area contributed by atoms with Gasteiger partial charge in [-0.2, -0.15) is 5.10 Å². The van der Waals surface area contributed by atoms with Crippen LogP contribution < -0.4 is 10.3 Å². The van der Waals surface area contributed by atoms with Crippen LogP contribution in [0.4, 0.5) is 0 Å². The van der Waals surface area contributed by atoms with Crippen molar-refractivity contribution in [2.45, 2.75) is 56.4 Å². The Bertz CT molecular complexity index is 1260. The lowest BCUT2D eigenvalue weighted by Gasteiger charge is -2.19. The fourth-order valence-corrected chi connectivity index (χ4v) is 4.90. The summed E-state index contributed by atoms with van der Waals surface area (Å²) in [6, 6.07) is 4.19. The molecule has 4 rings (SSSR count). The van der Waals surface area contributed by atoms with Gasteiger partial charge in [-0.3, -0.25) is 4.79 Å². The van der Waals surface area contributed by atoms with E-state index in [2.05, 4.69) is 9.97 Å². The van der Waals surface area contributed by atoms with Gasteiger partial charge in [0, 0.05) is 29.2 Å². The van der Waals surface area contributed by atoms with E-state index in [4.69, 9.17) is 20.5 Å². The highest BCUT2D eigenvalue weighted by Crippen LogP contribution is 2.36. The van der Waals surface area contributed by atoms with Crippen molar-refractivity contribution in [3.63, 3.8) is 0 Å². The molecule has 3 aromatic rings. The van der Waals surface area contributed by atoms with Crippen LogP contribution in [-0.2, 0) is 15.6 Å². The molecule has 0 unspecified atom stereocenters. The largest absolute Gasteiger partial charge is 0.496 e. The van der Waals surface area contributed by atoms with Crippen molar-refractivity contribution in [3.05, 3.63) is 34.2 Å². The van der Waals surface area contributed by atoms with Gasteiger partial charge < -0.3 is 9.72 Å². The highest BCUT2D eigenvalue weighted by atomic mass is 35.7. The second-order valence-corrected chi connectivity index (χ2v) is 10.0. The second kappa shape index (κ2) is 8.03. The van der Waals surface area contributed by atoms with Gasteiger partial charge in [-0.05, 0) is 31.9 Å². The monoisotopic (exact) mass is 450 g/mol. The van der Waals surface area contributed by atoms with Crippen molar-refractivity contribution in [2.75, 3.05) is 7.11 Å². The molecule has 1 aliphatic rings. The molecule has 1 aromatic carbocycles. The number of aromatic nitrogens is 4. The SMILES string of the molecule is CCn1nc(C2CCCCC2)c2c(=O)[nH]c(-c3ccc(S(=O)(=O)Cl)cc3OC)nc21. The van der Waals surface area contributed by atoms with Crippen molar-refractivity contribution in [1.82, 2.24) is 19.7 Å². The Hall–Kier alpha value is -2.39. The summed E-state index contributed by atoms with van der Waals surface area (Å²) >= 11 is 0. The quantitative estimate of drug-likeness (QED) is 0.592. The summed E-state index contributed by atoms with van der Waals surface area (Å²) in [6.45, 7) is 2.54. The number of hydrogen-bond donors (Lipinski definition) is 1. The number of rotatable bonds is 5. The molecule has 8 nitrogen and oxygen atoms in total. The van der Waals surface area contributed by atoms with Crippen molar-refractivity contribution < 1.29 is 13.2 Å². The number of ether oxygens (including phenoxy) is 1. The van der Waals surface area contributed by atoms with Gasteiger partial charge in [-0.1, -0.05) is 19.3 Å². The molecule has 1 saturated carbocycles. The molecule has 0 spiro atoms. The van der Waals surface area contributed by atoms with Gasteiger partial charge in [0.2, 0.25) is 0 Å². The predicted molar refractivity (Wildman–Crippen MR) is 115 cm³/mol. The van der Waals surface area contributed by atoms with Gasteiger partial charge in [0.15, 0.2) is 5.65 Å². The van der Waals surface area contributed by atoms with Crippen LogP contribution in [0.3, 0.4) is 0 Å². The highest BCUT2D eigenvalue weighted by Gasteiger charge is 2.25. The number of H-pyrrole nitrogens is 1. The summed E-state index contributed by atoms with van der Waals surface area (Å²) in [5.74, 6) is 0.799. The number of fused-ring (bicyclic) bond motifs is 1. The average molecular weight is 451 g/mol. The lowest BCUT2D eigenvalue weighted by molar-refractivity contribution is 0.415. The molecule has 0 amide bonds. The van der Waals surface area contributed by atoms with Crippen LogP contribution in [0.5, 0.6) is 5.75 Å². The number of hydrogen-bond acceptors (Lipinski definition) is 6. The molecule has 0 aliphatic heterocycles. The first-order valence-corrected chi connectivity index (χ1v) is 12.3. The molecule has 10 heteroatoms. The fourth-order valence-electron chi connectivity index (χ4n) is 4.14. The van der Waals surface area contributed by atoms with Gasteiger partial charge in [-0.25, -0.2) is 18.1 Å². The van der Waals surface area contributed by atoms with Crippen LogP contribution >= 0.6 is 10.7 Å². The van der Waals surface area contributed by atoms with Gasteiger partial charge in [0.25, 0.3) is 14.6 Å². The molecule has 160 valence electrons. The van der Waals surface area contributed by atoms with Crippen LogP contribution in [0.25, 0.3) is 22.4 Å². The van der Waals surface area contributed by atoms with E-state index < -0.39 is 9.05 Å². The van der Waals surface area contributed by atoms with Crippen molar-refractivity contribution >= 4 is 30.8 Å². The Morgan fingerprint density at radius 3 is 2.63 bits per heavy atom. The Balaban J connectivity index is 1.89. The lowest BCUT2D eigenvalue weighted by Crippen LogP contribution is -2.13. The second-order valence-electron chi connectivity index (χ2n) is 7.45. The molecular formula is C20H23ClN4O4S. The zero-order chi connectivity index (χ0) is 21.5. The topological polar surface area (TPSA) is 107 Å². The predicted octanol–water partition coefficient (Wildman–Crippen LogP) is 3.79.